The van der Waals surface area contributed by atoms with E-state index in [1.54, 1.807) is 0 Å². The van der Waals surface area contributed by atoms with E-state index in [1.807, 2.05) is 31.2 Å². The number of nitrogens with zero attached hydrogens (tertiary/aromatic N) is 2. The molecule has 0 unspecified atom stereocenters. The Balaban J connectivity index is 1.82. The number of carboxylic acids is 1. The Morgan fingerprint density at radius 3 is 2.71 bits per heavy atom. The lowest BCUT2D eigenvalue weighted by Crippen LogP contribution is -2.13. The summed E-state index contributed by atoms with van der Waals surface area (Å²) in [5.41, 5.74) is 1.67. The van der Waals surface area contributed by atoms with Gasteiger partial charge in [0.05, 0.1) is 17.6 Å². The first-order valence-electron chi connectivity index (χ1n) is 6.26. The van der Waals surface area contributed by atoms with E-state index < -0.39 is 5.97 Å². The van der Waals surface area contributed by atoms with Crippen LogP contribution in [0.25, 0.3) is 0 Å². The van der Waals surface area contributed by atoms with E-state index in [-0.39, 0.29) is 18.2 Å². The van der Waals surface area contributed by atoms with E-state index in [1.165, 1.54) is 34.4 Å². The van der Waals surface area contributed by atoms with Crippen molar-refractivity contribution < 1.29 is 14.7 Å². The Labute approximate surface area is 126 Å². The number of aromatic nitrogens is 2. The van der Waals surface area contributed by atoms with Crippen molar-refractivity contribution in [1.29, 1.82) is 0 Å². The van der Waals surface area contributed by atoms with Gasteiger partial charge in [0.1, 0.15) is 6.54 Å². The number of carbonyl (C=O) groups excluding carboxylic acids is 1. The van der Waals surface area contributed by atoms with Crippen molar-refractivity contribution in [3.8, 4) is 0 Å². The molecule has 2 rings (SSSR count). The summed E-state index contributed by atoms with van der Waals surface area (Å²) in [6, 6.07) is 7.93. The van der Waals surface area contributed by atoms with Crippen LogP contribution in [0.5, 0.6) is 0 Å². The first kappa shape index (κ1) is 15.1. The zero-order valence-corrected chi connectivity index (χ0v) is 12.3. The molecular weight excluding hydrogens is 290 g/mol. The number of anilines is 1. The number of hydrogen-bond donors (Lipinski definition) is 2. The molecule has 0 radical (unpaired) electrons. The second kappa shape index (κ2) is 6.94. The highest BCUT2D eigenvalue weighted by Gasteiger charge is 2.07. The molecule has 6 nitrogen and oxygen atoms in total. The number of thioether (sulfide) groups is 1. The zero-order chi connectivity index (χ0) is 15.2. The minimum absolute atomic E-state index is 0.157. The van der Waals surface area contributed by atoms with E-state index in [4.69, 9.17) is 5.11 Å². The third-order valence-corrected chi connectivity index (χ3v) is 3.62. The predicted molar refractivity (Wildman–Crippen MR) is 80.4 cm³/mol. The molecule has 0 saturated carbocycles. The Bertz CT molecular complexity index is 637. The van der Waals surface area contributed by atoms with Gasteiger partial charge in [-0.25, -0.2) is 0 Å². The summed E-state index contributed by atoms with van der Waals surface area (Å²) in [5.74, 6) is -0.853. The van der Waals surface area contributed by atoms with Crippen LogP contribution in [0.2, 0.25) is 0 Å². The van der Waals surface area contributed by atoms with Crippen LogP contribution in [-0.2, 0) is 16.1 Å². The minimum Gasteiger partial charge on any atom is -0.480 e. The van der Waals surface area contributed by atoms with Gasteiger partial charge in [0.15, 0.2) is 0 Å². The Morgan fingerprint density at radius 1 is 1.33 bits per heavy atom. The van der Waals surface area contributed by atoms with Gasteiger partial charge in [-0.1, -0.05) is 17.7 Å². The van der Waals surface area contributed by atoms with Crippen molar-refractivity contribution in [3.05, 3.63) is 42.2 Å². The number of benzene rings is 1. The highest BCUT2D eigenvalue weighted by molar-refractivity contribution is 8.00. The quantitative estimate of drug-likeness (QED) is 0.798. The number of rotatable bonds is 6. The summed E-state index contributed by atoms with van der Waals surface area (Å²) in [5, 5.41) is 15.2. The van der Waals surface area contributed by atoms with E-state index in [0.29, 0.717) is 5.69 Å². The summed E-state index contributed by atoms with van der Waals surface area (Å²) < 4.78 is 1.26. The van der Waals surface area contributed by atoms with Gasteiger partial charge >= 0.3 is 5.97 Å². The van der Waals surface area contributed by atoms with Crippen LogP contribution in [0.4, 0.5) is 5.69 Å². The van der Waals surface area contributed by atoms with Crippen LogP contribution in [0, 0.1) is 6.92 Å². The first-order chi connectivity index (χ1) is 10.0. The molecule has 0 aliphatic rings. The molecule has 1 aromatic carbocycles. The van der Waals surface area contributed by atoms with Crippen molar-refractivity contribution in [2.75, 3.05) is 11.1 Å². The van der Waals surface area contributed by atoms with Gasteiger partial charge in [-0.05, 0) is 19.1 Å². The van der Waals surface area contributed by atoms with E-state index >= 15 is 0 Å². The minimum atomic E-state index is -0.981. The molecule has 0 spiro atoms. The molecule has 2 aromatic rings. The number of aliphatic carboxylic acids is 1. The molecule has 0 saturated heterocycles. The fraction of sp³-hybridized carbons (Fsp3) is 0.214. The number of hydrogen-bond acceptors (Lipinski definition) is 4. The second-order valence-corrected chi connectivity index (χ2v) is 5.52. The topological polar surface area (TPSA) is 84.2 Å². The number of carbonyl (C=O) groups is 2. The smallest absolute Gasteiger partial charge is 0.325 e. The van der Waals surface area contributed by atoms with Crippen LogP contribution in [0.15, 0.2) is 41.6 Å². The van der Waals surface area contributed by atoms with E-state index in [9.17, 15) is 9.59 Å². The van der Waals surface area contributed by atoms with Crippen LogP contribution >= 0.6 is 11.8 Å². The average Bonchev–Trinajstić information content (AvgIpc) is 2.84. The molecule has 0 bridgehead atoms. The van der Waals surface area contributed by atoms with Crippen LogP contribution in [-0.4, -0.2) is 32.5 Å². The van der Waals surface area contributed by atoms with Crippen molar-refractivity contribution in [1.82, 2.24) is 9.78 Å². The third-order valence-electron chi connectivity index (χ3n) is 2.61. The van der Waals surface area contributed by atoms with E-state index in [0.717, 1.165) is 4.90 Å². The standard InChI is InChI=1S/C14H15N3O3S/c1-10-2-4-12(5-3-10)21-9-13(18)16-11-6-15-17(7-11)8-14(19)20/h2-7H,8-9H2,1H3,(H,16,18)(H,19,20). The van der Waals surface area contributed by atoms with Crippen molar-refractivity contribution >= 4 is 29.3 Å². The number of aryl methyl sites for hydroxylation is 1. The maximum absolute atomic E-state index is 11.8. The molecule has 0 fully saturated rings. The molecule has 7 heteroatoms. The van der Waals surface area contributed by atoms with Crippen molar-refractivity contribution in [3.63, 3.8) is 0 Å². The predicted octanol–water partition coefficient (Wildman–Crippen LogP) is 2.01. The molecule has 1 heterocycles. The van der Waals surface area contributed by atoms with Gasteiger partial charge in [0.2, 0.25) is 5.91 Å². The lowest BCUT2D eigenvalue weighted by molar-refractivity contribution is -0.137. The van der Waals surface area contributed by atoms with Crippen LogP contribution in [0.1, 0.15) is 5.56 Å². The van der Waals surface area contributed by atoms with Gasteiger partial charge in [-0.15, -0.1) is 11.8 Å². The van der Waals surface area contributed by atoms with E-state index in [2.05, 4.69) is 10.4 Å². The molecule has 110 valence electrons. The summed E-state index contributed by atoms with van der Waals surface area (Å²) in [6.45, 7) is 1.78. The molecule has 0 aliphatic heterocycles. The van der Waals surface area contributed by atoms with Gasteiger partial charge in [-0.3, -0.25) is 14.3 Å². The van der Waals surface area contributed by atoms with Gasteiger partial charge in [-0.2, -0.15) is 5.10 Å². The van der Waals surface area contributed by atoms with Crippen molar-refractivity contribution in [2.24, 2.45) is 0 Å². The monoisotopic (exact) mass is 305 g/mol. The fourth-order valence-corrected chi connectivity index (χ4v) is 2.33. The molecule has 2 N–H and O–H groups in total. The Kier molecular flexibility index (Phi) is 4.99. The molecule has 0 aliphatic carbocycles. The zero-order valence-electron chi connectivity index (χ0n) is 11.4. The van der Waals surface area contributed by atoms with Gasteiger partial charge < -0.3 is 10.4 Å². The number of nitrogens with one attached hydrogen (secondary N) is 1. The molecule has 0 atom stereocenters. The lowest BCUT2D eigenvalue weighted by atomic mass is 10.2. The second-order valence-electron chi connectivity index (χ2n) is 4.47. The normalized spacial score (nSPS) is 10.3. The molecule has 21 heavy (non-hydrogen) atoms. The SMILES string of the molecule is Cc1ccc(SCC(=O)Nc2cnn(CC(=O)O)c2)cc1. The molecular formula is C14H15N3O3S. The van der Waals surface area contributed by atoms with Crippen molar-refractivity contribution in [2.45, 2.75) is 18.4 Å². The van der Waals surface area contributed by atoms with Crippen LogP contribution in [0.3, 0.4) is 0 Å². The highest BCUT2D eigenvalue weighted by atomic mass is 32.2. The largest absolute Gasteiger partial charge is 0.480 e. The summed E-state index contributed by atoms with van der Waals surface area (Å²) in [6.07, 6.45) is 2.92. The lowest BCUT2D eigenvalue weighted by Gasteiger charge is -2.03. The van der Waals surface area contributed by atoms with Gasteiger partial charge in [0.25, 0.3) is 0 Å². The highest BCUT2D eigenvalue weighted by Crippen LogP contribution is 2.18. The average molecular weight is 305 g/mol. The number of amides is 1. The summed E-state index contributed by atoms with van der Waals surface area (Å²) >= 11 is 1.44. The summed E-state index contributed by atoms with van der Waals surface area (Å²) in [4.78, 5) is 23.4. The van der Waals surface area contributed by atoms with Gasteiger partial charge in [0, 0.05) is 11.1 Å². The Morgan fingerprint density at radius 2 is 2.05 bits per heavy atom. The number of carboxylic acid groups (broad SMARTS) is 1. The fourth-order valence-electron chi connectivity index (χ4n) is 1.63. The molecule has 1 amide bonds. The maximum atomic E-state index is 11.8. The first-order valence-corrected chi connectivity index (χ1v) is 7.25. The third kappa shape index (κ3) is 4.96. The van der Waals surface area contributed by atoms with Crippen LogP contribution < -0.4 is 5.32 Å². The Hall–Kier alpha value is -2.28. The maximum Gasteiger partial charge on any atom is 0.325 e. The summed E-state index contributed by atoms with van der Waals surface area (Å²) in [7, 11) is 0. The molecule has 1 aromatic heterocycles.